The summed E-state index contributed by atoms with van der Waals surface area (Å²) in [7, 11) is -3.77. The van der Waals surface area contributed by atoms with E-state index in [1.807, 2.05) is 6.92 Å². The first kappa shape index (κ1) is 19.9. The summed E-state index contributed by atoms with van der Waals surface area (Å²) >= 11 is 0. The van der Waals surface area contributed by atoms with Crippen molar-refractivity contribution < 1.29 is 13.2 Å². The average molecular weight is 400 g/mol. The number of amides is 1. The van der Waals surface area contributed by atoms with Crippen LogP contribution in [0.4, 0.5) is 11.4 Å². The molecule has 1 heterocycles. The van der Waals surface area contributed by atoms with Gasteiger partial charge in [-0.05, 0) is 50.1 Å². The van der Waals surface area contributed by atoms with Crippen LogP contribution >= 0.6 is 0 Å². The summed E-state index contributed by atoms with van der Waals surface area (Å²) in [4.78, 5) is 14.6. The fourth-order valence-corrected chi connectivity index (χ4v) is 4.25. The van der Waals surface area contributed by atoms with Gasteiger partial charge in [0.25, 0.3) is 15.9 Å². The number of nitrogens with zero attached hydrogens (tertiary/aromatic N) is 1. The minimum absolute atomic E-state index is 0.187. The highest BCUT2D eigenvalue weighted by atomic mass is 32.2. The van der Waals surface area contributed by atoms with E-state index < -0.39 is 10.0 Å². The van der Waals surface area contributed by atoms with E-state index in [0.29, 0.717) is 17.8 Å². The Balaban J connectivity index is 1.96. The van der Waals surface area contributed by atoms with E-state index in [1.54, 1.807) is 48.5 Å². The van der Waals surface area contributed by atoms with Gasteiger partial charge in [0, 0.05) is 25.2 Å². The van der Waals surface area contributed by atoms with E-state index in [4.69, 9.17) is 0 Å². The van der Waals surface area contributed by atoms with Crippen LogP contribution in [0.15, 0.2) is 60.0 Å². The fourth-order valence-electron chi connectivity index (χ4n) is 3.18. The number of hydrogen-bond acceptors (Lipinski definition) is 4. The van der Waals surface area contributed by atoms with Gasteiger partial charge < -0.3 is 10.2 Å². The van der Waals surface area contributed by atoms with Gasteiger partial charge in [0.15, 0.2) is 0 Å². The number of sulfonamides is 1. The highest BCUT2D eigenvalue weighted by Crippen LogP contribution is 2.32. The largest absolute Gasteiger partial charge is 0.370 e. The molecule has 28 heavy (non-hydrogen) atoms. The van der Waals surface area contributed by atoms with Crippen molar-refractivity contribution in [1.82, 2.24) is 5.32 Å². The summed E-state index contributed by atoms with van der Waals surface area (Å²) in [5.74, 6) is -0.274. The lowest BCUT2D eigenvalue weighted by Gasteiger charge is -2.22. The first-order chi connectivity index (χ1) is 13.4. The molecule has 2 aromatic rings. The summed E-state index contributed by atoms with van der Waals surface area (Å²) in [6.07, 6.45) is 3.72. The highest BCUT2D eigenvalue weighted by Gasteiger charge is 2.22. The lowest BCUT2D eigenvalue weighted by atomic mass is 10.1. The molecule has 1 amide bonds. The first-order valence-corrected chi connectivity index (χ1v) is 10.8. The molecule has 3 rings (SSSR count). The molecule has 0 aromatic heterocycles. The van der Waals surface area contributed by atoms with Crippen molar-refractivity contribution in [3.63, 3.8) is 0 Å². The van der Waals surface area contributed by atoms with Crippen molar-refractivity contribution in [2.45, 2.75) is 24.7 Å². The Morgan fingerprint density at radius 1 is 1.14 bits per heavy atom. The zero-order valence-electron chi connectivity index (χ0n) is 15.9. The normalized spacial score (nSPS) is 14.0. The SMILES string of the molecule is C=CCNC(=O)c1ccc(N2CCCC2)c(NS(=O)(=O)c2ccc(C)cc2)c1. The fraction of sp³-hybridized carbons (Fsp3) is 0.286. The molecule has 2 aromatic carbocycles. The van der Waals surface area contributed by atoms with Crippen LogP contribution in [0.5, 0.6) is 0 Å². The maximum absolute atomic E-state index is 12.9. The Bertz CT molecular complexity index is 963. The minimum atomic E-state index is -3.77. The Morgan fingerprint density at radius 3 is 2.46 bits per heavy atom. The topological polar surface area (TPSA) is 78.5 Å². The molecule has 1 saturated heterocycles. The maximum atomic E-state index is 12.9. The standard InChI is InChI=1S/C21H25N3O3S/c1-3-12-22-21(25)17-8-11-20(24-13-4-5-14-24)19(15-17)23-28(26,27)18-9-6-16(2)7-10-18/h3,6-11,15,23H,1,4-5,12-14H2,2H3,(H,22,25). The third-order valence-electron chi connectivity index (χ3n) is 4.69. The lowest BCUT2D eigenvalue weighted by molar-refractivity contribution is 0.0958. The van der Waals surface area contributed by atoms with Crippen molar-refractivity contribution in [3.8, 4) is 0 Å². The molecule has 0 unspecified atom stereocenters. The number of anilines is 2. The zero-order chi connectivity index (χ0) is 20.1. The third-order valence-corrected chi connectivity index (χ3v) is 6.07. The molecule has 148 valence electrons. The second-order valence-electron chi connectivity index (χ2n) is 6.84. The van der Waals surface area contributed by atoms with Gasteiger partial charge in [0.05, 0.1) is 16.3 Å². The molecule has 2 N–H and O–H groups in total. The molecule has 1 aliphatic heterocycles. The second-order valence-corrected chi connectivity index (χ2v) is 8.53. The summed E-state index contributed by atoms with van der Waals surface area (Å²) in [6, 6.07) is 11.8. The molecular formula is C21H25N3O3S. The molecule has 0 aliphatic carbocycles. The monoisotopic (exact) mass is 399 g/mol. The Morgan fingerprint density at radius 2 is 1.82 bits per heavy atom. The number of nitrogens with one attached hydrogen (secondary N) is 2. The highest BCUT2D eigenvalue weighted by molar-refractivity contribution is 7.92. The van der Waals surface area contributed by atoms with Gasteiger partial charge >= 0.3 is 0 Å². The summed E-state index contributed by atoms with van der Waals surface area (Å²) in [5.41, 5.74) is 2.58. The predicted octanol–water partition coefficient (Wildman–Crippen LogP) is 3.31. The molecule has 0 bridgehead atoms. The smallest absolute Gasteiger partial charge is 0.261 e. The Labute approximate surface area is 166 Å². The molecular weight excluding hydrogens is 374 g/mol. The molecule has 0 radical (unpaired) electrons. The van der Waals surface area contributed by atoms with Crippen LogP contribution in [0, 0.1) is 6.92 Å². The lowest BCUT2D eigenvalue weighted by Crippen LogP contribution is -2.25. The predicted molar refractivity (Wildman–Crippen MR) is 112 cm³/mol. The van der Waals surface area contributed by atoms with Crippen LogP contribution in [0.2, 0.25) is 0 Å². The number of rotatable bonds is 7. The van der Waals surface area contributed by atoms with E-state index in [-0.39, 0.29) is 10.8 Å². The van der Waals surface area contributed by atoms with Crippen molar-refractivity contribution in [1.29, 1.82) is 0 Å². The zero-order valence-corrected chi connectivity index (χ0v) is 16.8. The Hall–Kier alpha value is -2.80. The minimum Gasteiger partial charge on any atom is -0.370 e. The Kier molecular flexibility index (Phi) is 6.04. The summed E-state index contributed by atoms with van der Waals surface area (Å²) in [6.45, 7) is 7.56. The van der Waals surface area contributed by atoms with Crippen LogP contribution in [-0.2, 0) is 10.0 Å². The van der Waals surface area contributed by atoms with Crippen LogP contribution in [-0.4, -0.2) is 34.0 Å². The van der Waals surface area contributed by atoms with Gasteiger partial charge in [-0.3, -0.25) is 9.52 Å². The molecule has 7 heteroatoms. The van der Waals surface area contributed by atoms with E-state index >= 15 is 0 Å². The number of aryl methyl sites for hydroxylation is 1. The number of benzene rings is 2. The van der Waals surface area contributed by atoms with Crippen molar-refractivity contribution >= 4 is 27.3 Å². The van der Waals surface area contributed by atoms with Crippen LogP contribution in [0.3, 0.4) is 0 Å². The molecule has 6 nitrogen and oxygen atoms in total. The van der Waals surface area contributed by atoms with Crippen LogP contribution in [0.25, 0.3) is 0 Å². The van der Waals surface area contributed by atoms with Crippen LogP contribution in [0.1, 0.15) is 28.8 Å². The third kappa shape index (κ3) is 4.54. The van der Waals surface area contributed by atoms with Crippen molar-refractivity contribution in [2.24, 2.45) is 0 Å². The molecule has 0 spiro atoms. The molecule has 0 atom stereocenters. The van der Waals surface area contributed by atoms with Gasteiger partial charge in [-0.25, -0.2) is 8.42 Å². The summed E-state index contributed by atoms with van der Waals surface area (Å²) in [5, 5.41) is 2.72. The first-order valence-electron chi connectivity index (χ1n) is 9.28. The van der Waals surface area contributed by atoms with Gasteiger partial charge in [-0.2, -0.15) is 0 Å². The van der Waals surface area contributed by atoms with Crippen LogP contribution < -0.4 is 14.9 Å². The molecule has 1 aliphatic rings. The van der Waals surface area contributed by atoms with E-state index in [1.165, 1.54) is 0 Å². The van der Waals surface area contributed by atoms with E-state index in [2.05, 4.69) is 21.5 Å². The number of hydrogen-bond donors (Lipinski definition) is 2. The van der Waals surface area contributed by atoms with Crippen molar-refractivity contribution in [2.75, 3.05) is 29.3 Å². The number of carbonyl (C=O) groups is 1. The van der Waals surface area contributed by atoms with Gasteiger partial charge in [-0.15, -0.1) is 6.58 Å². The molecule has 1 fully saturated rings. The number of carbonyl (C=O) groups excluding carboxylic acids is 1. The average Bonchev–Trinajstić information content (AvgIpc) is 3.20. The van der Waals surface area contributed by atoms with Crippen molar-refractivity contribution in [3.05, 3.63) is 66.2 Å². The quantitative estimate of drug-likeness (QED) is 0.700. The maximum Gasteiger partial charge on any atom is 0.261 e. The molecule has 0 saturated carbocycles. The summed E-state index contributed by atoms with van der Waals surface area (Å²) < 4.78 is 28.5. The van der Waals surface area contributed by atoms with Gasteiger partial charge in [0.2, 0.25) is 0 Å². The van der Waals surface area contributed by atoms with E-state index in [0.717, 1.165) is 37.2 Å². The van der Waals surface area contributed by atoms with E-state index in [9.17, 15) is 13.2 Å². The van der Waals surface area contributed by atoms with Gasteiger partial charge in [0.1, 0.15) is 0 Å². The van der Waals surface area contributed by atoms with Gasteiger partial charge in [-0.1, -0.05) is 23.8 Å². The second kappa shape index (κ2) is 8.48.